The van der Waals surface area contributed by atoms with Gasteiger partial charge in [-0.1, -0.05) is 0 Å². The quantitative estimate of drug-likeness (QED) is 0.342. The van der Waals surface area contributed by atoms with Crippen molar-refractivity contribution in [3.8, 4) is 0 Å². The average molecular weight is 194 g/mol. The molecule has 0 aromatic heterocycles. The molecule has 0 saturated carbocycles. The summed E-state index contributed by atoms with van der Waals surface area (Å²) >= 11 is 0. The minimum absolute atomic E-state index is 0.182. The monoisotopic (exact) mass is 194 g/mol. The molecular formula is C7H14O6. The van der Waals surface area contributed by atoms with Crippen molar-refractivity contribution in [2.24, 2.45) is 0 Å². The third-order valence-electron chi connectivity index (χ3n) is 1.67. The largest absolute Gasteiger partial charge is 0.394 e. The Morgan fingerprint density at radius 3 is 2.23 bits per heavy atom. The minimum atomic E-state index is -1.53. The van der Waals surface area contributed by atoms with Gasteiger partial charge in [0.25, 0.3) is 0 Å². The summed E-state index contributed by atoms with van der Waals surface area (Å²) in [6.45, 7) is -0.674. The lowest BCUT2D eigenvalue weighted by molar-refractivity contribution is -0.143. The Morgan fingerprint density at radius 1 is 1.38 bits per heavy atom. The molecule has 0 aliphatic carbocycles. The van der Waals surface area contributed by atoms with Gasteiger partial charge in [-0.2, -0.15) is 0 Å². The SMILES string of the molecule is CO[C@@H]([C@@H](O)[C@H](O)CO)[C@@H](O)C=O. The van der Waals surface area contributed by atoms with E-state index in [0.717, 1.165) is 0 Å². The topological polar surface area (TPSA) is 107 Å². The molecule has 0 aromatic rings. The first-order valence-electron chi connectivity index (χ1n) is 3.71. The zero-order valence-corrected chi connectivity index (χ0v) is 7.20. The van der Waals surface area contributed by atoms with E-state index in [4.69, 9.17) is 15.3 Å². The van der Waals surface area contributed by atoms with E-state index in [1.807, 2.05) is 0 Å². The van der Waals surface area contributed by atoms with E-state index in [-0.39, 0.29) is 6.29 Å². The molecule has 6 nitrogen and oxygen atoms in total. The maximum Gasteiger partial charge on any atom is 0.151 e. The van der Waals surface area contributed by atoms with Gasteiger partial charge in [0.2, 0.25) is 0 Å². The number of hydrogen-bond acceptors (Lipinski definition) is 6. The van der Waals surface area contributed by atoms with Crippen LogP contribution in [0, 0.1) is 0 Å². The van der Waals surface area contributed by atoms with E-state index in [1.54, 1.807) is 0 Å². The van der Waals surface area contributed by atoms with Gasteiger partial charge in [-0.15, -0.1) is 0 Å². The standard InChI is InChI=1S/C7H14O6/c1-13-7(5(11)3-9)6(12)4(10)2-8/h3-8,10-12H,2H2,1H3/t4-,5+,6+,7-/m1/s1. The number of rotatable bonds is 6. The second-order valence-corrected chi connectivity index (χ2v) is 2.57. The first-order valence-corrected chi connectivity index (χ1v) is 3.71. The van der Waals surface area contributed by atoms with Gasteiger partial charge < -0.3 is 30.0 Å². The van der Waals surface area contributed by atoms with Gasteiger partial charge in [0, 0.05) is 7.11 Å². The van der Waals surface area contributed by atoms with Gasteiger partial charge in [-0.25, -0.2) is 0 Å². The Bertz CT molecular complexity index is 150. The molecule has 0 rings (SSSR count). The van der Waals surface area contributed by atoms with Gasteiger partial charge in [0.05, 0.1) is 6.61 Å². The van der Waals surface area contributed by atoms with Crippen molar-refractivity contribution in [3.05, 3.63) is 0 Å². The third kappa shape index (κ3) is 3.37. The molecule has 0 spiro atoms. The predicted molar refractivity (Wildman–Crippen MR) is 42.0 cm³/mol. The van der Waals surface area contributed by atoms with Crippen LogP contribution in [0.3, 0.4) is 0 Å². The van der Waals surface area contributed by atoms with Crippen molar-refractivity contribution in [3.63, 3.8) is 0 Å². The van der Waals surface area contributed by atoms with Crippen molar-refractivity contribution < 1.29 is 30.0 Å². The third-order valence-corrected chi connectivity index (χ3v) is 1.67. The molecule has 4 atom stereocenters. The molecular weight excluding hydrogens is 180 g/mol. The average Bonchev–Trinajstić information content (AvgIpc) is 2.17. The molecule has 0 aliphatic heterocycles. The molecule has 0 fully saturated rings. The number of carbonyl (C=O) groups excluding carboxylic acids is 1. The van der Waals surface area contributed by atoms with Crippen LogP contribution >= 0.6 is 0 Å². The second kappa shape index (κ2) is 6.01. The Morgan fingerprint density at radius 2 is 1.92 bits per heavy atom. The first kappa shape index (κ1) is 12.5. The van der Waals surface area contributed by atoms with Crippen molar-refractivity contribution >= 4 is 6.29 Å². The highest BCUT2D eigenvalue weighted by molar-refractivity contribution is 5.56. The fraction of sp³-hybridized carbons (Fsp3) is 0.857. The van der Waals surface area contributed by atoms with Crippen LogP contribution in [0.4, 0.5) is 0 Å². The Hall–Kier alpha value is -0.530. The molecule has 0 bridgehead atoms. The maximum absolute atomic E-state index is 10.1. The fourth-order valence-electron chi connectivity index (χ4n) is 0.885. The van der Waals surface area contributed by atoms with Gasteiger partial charge in [-0.3, -0.25) is 0 Å². The highest BCUT2D eigenvalue weighted by Crippen LogP contribution is 2.07. The van der Waals surface area contributed by atoms with Crippen LogP contribution < -0.4 is 0 Å². The lowest BCUT2D eigenvalue weighted by Gasteiger charge is -2.25. The highest BCUT2D eigenvalue weighted by atomic mass is 16.5. The summed E-state index contributed by atoms with van der Waals surface area (Å²) in [7, 11) is 1.17. The molecule has 0 heterocycles. The number of ether oxygens (including phenoxy) is 1. The van der Waals surface area contributed by atoms with Crippen LogP contribution in [0.25, 0.3) is 0 Å². The van der Waals surface area contributed by atoms with Crippen LogP contribution in [0.15, 0.2) is 0 Å². The summed E-state index contributed by atoms with van der Waals surface area (Å²) in [5, 5.41) is 35.6. The van der Waals surface area contributed by atoms with Crippen molar-refractivity contribution in [2.45, 2.75) is 24.4 Å². The summed E-state index contributed by atoms with van der Waals surface area (Å²) in [5.74, 6) is 0. The Balaban J connectivity index is 4.29. The number of carbonyl (C=O) groups is 1. The Kier molecular flexibility index (Phi) is 5.76. The van der Waals surface area contributed by atoms with Crippen LogP contribution in [-0.4, -0.2) is 64.8 Å². The molecule has 78 valence electrons. The lowest BCUT2D eigenvalue weighted by atomic mass is 10.0. The summed E-state index contributed by atoms with van der Waals surface area (Å²) in [4.78, 5) is 10.1. The summed E-state index contributed by atoms with van der Waals surface area (Å²) in [6, 6.07) is 0. The first-order chi connectivity index (χ1) is 6.08. The van der Waals surface area contributed by atoms with Crippen LogP contribution in [0.1, 0.15) is 0 Å². The minimum Gasteiger partial charge on any atom is -0.394 e. The molecule has 0 amide bonds. The van der Waals surface area contributed by atoms with E-state index < -0.39 is 31.0 Å². The molecule has 0 saturated heterocycles. The predicted octanol–water partition coefficient (Wildman–Crippen LogP) is -2.72. The summed E-state index contributed by atoms with van der Waals surface area (Å²) in [5.41, 5.74) is 0. The zero-order valence-electron chi connectivity index (χ0n) is 7.20. The number of methoxy groups -OCH3 is 1. The van der Waals surface area contributed by atoms with Crippen LogP contribution in [-0.2, 0) is 9.53 Å². The van der Waals surface area contributed by atoms with E-state index in [1.165, 1.54) is 7.11 Å². The normalized spacial score (nSPS) is 20.4. The molecule has 6 heteroatoms. The smallest absolute Gasteiger partial charge is 0.151 e. The summed E-state index contributed by atoms with van der Waals surface area (Å²) < 4.78 is 4.59. The molecule has 0 aliphatic rings. The molecule has 0 unspecified atom stereocenters. The van der Waals surface area contributed by atoms with E-state index in [9.17, 15) is 9.90 Å². The number of hydrogen-bond donors (Lipinski definition) is 4. The van der Waals surface area contributed by atoms with Crippen molar-refractivity contribution in [1.29, 1.82) is 0 Å². The van der Waals surface area contributed by atoms with Crippen molar-refractivity contribution in [1.82, 2.24) is 0 Å². The van der Waals surface area contributed by atoms with E-state index >= 15 is 0 Å². The van der Waals surface area contributed by atoms with Gasteiger partial charge in [0.15, 0.2) is 6.29 Å². The van der Waals surface area contributed by atoms with Crippen LogP contribution in [0.5, 0.6) is 0 Å². The summed E-state index contributed by atoms with van der Waals surface area (Å²) in [6.07, 6.45) is -5.53. The number of aldehydes is 1. The molecule has 0 radical (unpaired) electrons. The second-order valence-electron chi connectivity index (χ2n) is 2.57. The highest BCUT2D eigenvalue weighted by Gasteiger charge is 2.31. The maximum atomic E-state index is 10.1. The molecule has 13 heavy (non-hydrogen) atoms. The molecule has 0 aromatic carbocycles. The van der Waals surface area contributed by atoms with Gasteiger partial charge >= 0.3 is 0 Å². The molecule has 4 N–H and O–H groups in total. The van der Waals surface area contributed by atoms with E-state index in [0.29, 0.717) is 0 Å². The fourth-order valence-corrected chi connectivity index (χ4v) is 0.885. The van der Waals surface area contributed by atoms with Gasteiger partial charge in [0.1, 0.15) is 24.4 Å². The Labute approximate surface area is 75.4 Å². The lowest BCUT2D eigenvalue weighted by Crippen LogP contribution is -2.47. The zero-order chi connectivity index (χ0) is 10.4. The number of aliphatic hydroxyl groups excluding tert-OH is 4. The van der Waals surface area contributed by atoms with E-state index in [2.05, 4.69) is 4.74 Å². The van der Waals surface area contributed by atoms with Crippen LogP contribution in [0.2, 0.25) is 0 Å². The van der Waals surface area contributed by atoms with Crippen molar-refractivity contribution in [2.75, 3.05) is 13.7 Å². The van der Waals surface area contributed by atoms with Gasteiger partial charge in [-0.05, 0) is 0 Å². The number of aliphatic hydroxyl groups is 4.